The Morgan fingerprint density at radius 1 is 1.08 bits per heavy atom. The molecule has 0 radical (unpaired) electrons. The first-order valence-corrected chi connectivity index (χ1v) is 8.63. The Hall–Kier alpha value is -2.60. The molecule has 2 aromatic rings. The maximum atomic E-state index is 11.3. The Balaban J connectivity index is 1.71. The van der Waals surface area contributed by atoms with Crippen LogP contribution < -0.4 is 10.2 Å². The van der Waals surface area contributed by atoms with Gasteiger partial charge in [-0.2, -0.15) is 0 Å². The fourth-order valence-corrected chi connectivity index (χ4v) is 3.07. The minimum Gasteiger partial charge on any atom is -0.379 e. The topological polar surface area (TPSA) is 61.7 Å². The largest absolute Gasteiger partial charge is 0.379 e. The van der Waals surface area contributed by atoms with Crippen molar-refractivity contribution >= 4 is 17.1 Å². The van der Waals surface area contributed by atoms with E-state index in [0.717, 1.165) is 38.3 Å². The van der Waals surface area contributed by atoms with Gasteiger partial charge in [0.05, 0.1) is 4.92 Å². The number of nitrogens with zero attached hydrogens (tertiary/aromatic N) is 3. The van der Waals surface area contributed by atoms with Gasteiger partial charge in [0.25, 0.3) is 5.69 Å². The lowest BCUT2D eigenvalue weighted by Crippen LogP contribution is -2.44. The lowest BCUT2D eigenvalue weighted by atomic mass is 10.1. The monoisotopic (exact) mass is 340 g/mol. The van der Waals surface area contributed by atoms with Gasteiger partial charge in [0.1, 0.15) is 5.69 Å². The zero-order valence-electron chi connectivity index (χ0n) is 14.5. The fraction of sp³-hybridized carbons (Fsp3) is 0.368. The molecule has 1 fully saturated rings. The summed E-state index contributed by atoms with van der Waals surface area (Å²) in [5.74, 6) is 0. The quantitative estimate of drug-likeness (QED) is 0.647. The van der Waals surface area contributed by atoms with E-state index in [9.17, 15) is 10.1 Å². The third-order valence-corrected chi connectivity index (χ3v) is 4.62. The highest BCUT2D eigenvalue weighted by Gasteiger charge is 2.19. The summed E-state index contributed by atoms with van der Waals surface area (Å²) in [6.45, 7) is 4.56. The van der Waals surface area contributed by atoms with E-state index in [-0.39, 0.29) is 10.6 Å². The maximum Gasteiger partial charge on any atom is 0.292 e. The average molecular weight is 340 g/mol. The number of piperazine rings is 1. The van der Waals surface area contributed by atoms with Crippen LogP contribution >= 0.6 is 0 Å². The minimum absolute atomic E-state index is 0.130. The summed E-state index contributed by atoms with van der Waals surface area (Å²) in [6, 6.07) is 15.5. The van der Waals surface area contributed by atoms with Gasteiger partial charge in [0.15, 0.2) is 0 Å². The predicted octanol–water partition coefficient (Wildman–Crippen LogP) is 3.00. The van der Waals surface area contributed by atoms with Crippen molar-refractivity contribution in [2.24, 2.45) is 0 Å². The second kappa shape index (κ2) is 7.98. The lowest BCUT2D eigenvalue weighted by molar-refractivity contribution is -0.383. The Morgan fingerprint density at radius 3 is 2.48 bits per heavy atom. The average Bonchev–Trinajstić information content (AvgIpc) is 2.63. The molecule has 0 amide bonds. The van der Waals surface area contributed by atoms with Gasteiger partial charge in [0, 0.05) is 44.5 Å². The van der Waals surface area contributed by atoms with Crippen LogP contribution in [0.3, 0.4) is 0 Å². The number of anilines is 2. The number of nitro benzene ring substituents is 1. The van der Waals surface area contributed by atoms with Crippen LogP contribution in [0.2, 0.25) is 0 Å². The molecule has 1 heterocycles. The molecule has 2 aromatic carbocycles. The zero-order chi connectivity index (χ0) is 17.6. The first kappa shape index (κ1) is 17.2. The smallest absolute Gasteiger partial charge is 0.292 e. The highest BCUT2D eigenvalue weighted by atomic mass is 16.6. The van der Waals surface area contributed by atoms with Gasteiger partial charge in [-0.1, -0.05) is 30.3 Å². The van der Waals surface area contributed by atoms with Crippen LogP contribution in [0.15, 0.2) is 48.5 Å². The van der Waals surface area contributed by atoms with E-state index < -0.39 is 0 Å². The van der Waals surface area contributed by atoms with Gasteiger partial charge in [0.2, 0.25) is 0 Å². The summed E-state index contributed by atoms with van der Waals surface area (Å²) < 4.78 is 0. The van der Waals surface area contributed by atoms with Crippen molar-refractivity contribution in [2.45, 2.75) is 6.42 Å². The summed E-state index contributed by atoms with van der Waals surface area (Å²) in [7, 11) is 2.11. The molecule has 0 atom stereocenters. The molecule has 6 heteroatoms. The molecule has 1 aliphatic rings. The van der Waals surface area contributed by atoms with E-state index in [1.54, 1.807) is 6.07 Å². The van der Waals surface area contributed by atoms with Crippen LogP contribution in [0.25, 0.3) is 0 Å². The number of likely N-dealkylation sites (N-methyl/N-ethyl adjacent to an activating group) is 1. The molecule has 1 N–H and O–H groups in total. The highest BCUT2D eigenvalue weighted by Crippen LogP contribution is 2.30. The molecule has 0 aromatic heterocycles. The molecule has 0 spiro atoms. The summed E-state index contributed by atoms with van der Waals surface area (Å²) >= 11 is 0. The standard InChI is InChI=1S/C19H24N4O2/c1-21-11-13-22(14-12-21)17-7-8-19(23(24)25)18(15-17)20-10-9-16-5-3-2-4-6-16/h2-8,15,20H,9-14H2,1H3. The van der Waals surface area contributed by atoms with Gasteiger partial charge in [-0.05, 0) is 31.2 Å². The molecular formula is C19H24N4O2. The molecule has 0 saturated carbocycles. The van der Waals surface area contributed by atoms with Crippen molar-refractivity contribution in [1.29, 1.82) is 0 Å². The second-order valence-corrected chi connectivity index (χ2v) is 6.41. The van der Waals surface area contributed by atoms with E-state index in [1.165, 1.54) is 5.56 Å². The molecule has 0 bridgehead atoms. The van der Waals surface area contributed by atoms with Crippen LogP contribution in [0.4, 0.5) is 17.1 Å². The minimum atomic E-state index is -0.321. The summed E-state index contributed by atoms with van der Waals surface area (Å²) in [5.41, 5.74) is 2.98. The first-order valence-electron chi connectivity index (χ1n) is 8.63. The van der Waals surface area contributed by atoms with Crippen molar-refractivity contribution in [3.8, 4) is 0 Å². The van der Waals surface area contributed by atoms with Crippen molar-refractivity contribution < 1.29 is 4.92 Å². The predicted molar refractivity (Wildman–Crippen MR) is 101 cm³/mol. The molecule has 132 valence electrons. The molecule has 3 rings (SSSR count). The summed E-state index contributed by atoms with van der Waals surface area (Å²) in [6.07, 6.45) is 0.830. The number of hydrogen-bond donors (Lipinski definition) is 1. The van der Waals surface area contributed by atoms with Crippen molar-refractivity contribution in [3.63, 3.8) is 0 Å². The molecular weight excluding hydrogens is 316 g/mol. The Kier molecular flexibility index (Phi) is 5.50. The number of nitrogens with one attached hydrogen (secondary N) is 1. The molecule has 6 nitrogen and oxygen atoms in total. The van der Waals surface area contributed by atoms with Gasteiger partial charge in [-0.15, -0.1) is 0 Å². The van der Waals surface area contributed by atoms with Gasteiger partial charge >= 0.3 is 0 Å². The van der Waals surface area contributed by atoms with Crippen LogP contribution in [0.1, 0.15) is 5.56 Å². The molecule has 0 aliphatic carbocycles. The fourth-order valence-electron chi connectivity index (χ4n) is 3.07. The summed E-state index contributed by atoms with van der Waals surface area (Å²) in [4.78, 5) is 15.6. The van der Waals surface area contributed by atoms with Crippen molar-refractivity contribution in [1.82, 2.24) is 4.90 Å². The lowest BCUT2D eigenvalue weighted by Gasteiger charge is -2.34. The Labute approximate surface area is 148 Å². The molecule has 1 aliphatic heterocycles. The van der Waals surface area contributed by atoms with Crippen LogP contribution in [-0.2, 0) is 6.42 Å². The molecule has 25 heavy (non-hydrogen) atoms. The van der Waals surface area contributed by atoms with Gasteiger partial charge in [-0.3, -0.25) is 10.1 Å². The third kappa shape index (κ3) is 4.48. The second-order valence-electron chi connectivity index (χ2n) is 6.41. The number of hydrogen-bond acceptors (Lipinski definition) is 5. The van der Waals surface area contributed by atoms with Gasteiger partial charge in [-0.25, -0.2) is 0 Å². The van der Waals surface area contributed by atoms with E-state index in [1.807, 2.05) is 30.3 Å². The zero-order valence-corrected chi connectivity index (χ0v) is 14.5. The van der Waals surface area contributed by atoms with Crippen molar-refractivity contribution in [3.05, 3.63) is 64.2 Å². The van der Waals surface area contributed by atoms with Crippen LogP contribution in [0.5, 0.6) is 0 Å². The van der Waals surface area contributed by atoms with Crippen LogP contribution in [-0.4, -0.2) is 49.6 Å². The Morgan fingerprint density at radius 2 is 1.80 bits per heavy atom. The first-order chi connectivity index (χ1) is 12.1. The van der Waals surface area contributed by atoms with E-state index in [2.05, 4.69) is 34.3 Å². The van der Waals surface area contributed by atoms with Crippen molar-refractivity contribution in [2.75, 3.05) is 50.0 Å². The highest BCUT2D eigenvalue weighted by molar-refractivity contribution is 5.69. The SMILES string of the molecule is CN1CCN(c2ccc([N+](=O)[O-])c(NCCc3ccccc3)c2)CC1. The maximum absolute atomic E-state index is 11.3. The normalized spacial score (nSPS) is 15.2. The number of nitro groups is 1. The van der Waals surface area contributed by atoms with Gasteiger partial charge < -0.3 is 15.1 Å². The number of rotatable bonds is 6. The Bertz CT molecular complexity index is 713. The third-order valence-electron chi connectivity index (χ3n) is 4.62. The number of benzene rings is 2. The van der Waals surface area contributed by atoms with E-state index in [0.29, 0.717) is 12.2 Å². The molecule has 1 saturated heterocycles. The van der Waals surface area contributed by atoms with Crippen LogP contribution in [0, 0.1) is 10.1 Å². The van der Waals surface area contributed by atoms with E-state index >= 15 is 0 Å². The van der Waals surface area contributed by atoms with E-state index in [4.69, 9.17) is 0 Å². The summed E-state index contributed by atoms with van der Waals surface area (Å²) in [5, 5.41) is 14.6. The molecule has 0 unspecified atom stereocenters.